The summed E-state index contributed by atoms with van der Waals surface area (Å²) in [6, 6.07) is 4.03. The molecule has 0 aromatic carbocycles. The first-order chi connectivity index (χ1) is 10.5. The molecule has 118 valence electrons. The second kappa shape index (κ2) is 5.96. The Hall–Kier alpha value is -2.08. The fourth-order valence-corrected chi connectivity index (χ4v) is 3.08. The Bertz CT molecular complexity index is 632. The van der Waals surface area contributed by atoms with E-state index in [1.807, 2.05) is 21.7 Å². The van der Waals surface area contributed by atoms with E-state index >= 15 is 0 Å². The minimum atomic E-state index is -0.0203. The molecule has 6 heteroatoms. The van der Waals surface area contributed by atoms with Crippen molar-refractivity contribution in [3.05, 3.63) is 42.4 Å². The lowest BCUT2D eigenvalue weighted by atomic mass is 10.1. The predicted octanol–water partition coefficient (Wildman–Crippen LogP) is 1.55. The first-order valence-corrected chi connectivity index (χ1v) is 7.54. The third-order valence-corrected chi connectivity index (χ3v) is 4.29. The van der Waals surface area contributed by atoms with E-state index in [1.54, 1.807) is 18.6 Å². The summed E-state index contributed by atoms with van der Waals surface area (Å²) in [7, 11) is 4.12. The highest BCUT2D eigenvalue weighted by atomic mass is 16.4. The number of furan rings is 1. The highest BCUT2D eigenvalue weighted by molar-refractivity contribution is 5.91. The van der Waals surface area contributed by atoms with Crippen molar-refractivity contribution in [3.63, 3.8) is 0 Å². The van der Waals surface area contributed by atoms with Crippen LogP contribution in [0.3, 0.4) is 0 Å². The highest BCUT2D eigenvalue weighted by Crippen LogP contribution is 2.22. The van der Waals surface area contributed by atoms with Crippen molar-refractivity contribution in [2.75, 3.05) is 27.2 Å². The van der Waals surface area contributed by atoms with Crippen LogP contribution < -0.4 is 0 Å². The molecular formula is C16H22N4O2. The number of likely N-dealkylation sites (tertiary alicyclic amines) is 1. The van der Waals surface area contributed by atoms with Crippen molar-refractivity contribution in [1.29, 1.82) is 0 Å². The molecule has 0 aliphatic carbocycles. The summed E-state index contributed by atoms with van der Waals surface area (Å²) in [4.78, 5) is 20.6. The first kappa shape index (κ1) is 14.8. The van der Waals surface area contributed by atoms with Crippen LogP contribution in [-0.2, 0) is 6.54 Å². The SMILES string of the molecule is C[C@@H]1CN(C(=O)c2ccc(Cn3ccnc3)o2)C[C@@H]1N(C)C. The van der Waals surface area contributed by atoms with Gasteiger partial charge in [0.25, 0.3) is 5.91 Å². The zero-order valence-corrected chi connectivity index (χ0v) is 13.3. The minimum absolute atomic E-state index is 0.0203. The lowest BCUT2D eigenvalue weighted by molar-refractivity contribution is 0.0747. The number of amides is 1. The molecule has 22 heavy (non-hydrogen) atoms. The summed E-state index contributed by atoms with van der Waals surface area (Å²) in [5.74, 6) is 1.63. The van der Waals surface area contributed by atoms with E-state index < -0.39 is 0 Å². The molecular weight excluding hydrogens is 280 g/mol. The molecule has 3 heterocycles. The van der Waals surface area contributed by atoms with Crippen molar-refractivity contribution in [2.24, 2.45) is 5.92 Å². The van der Waals surface area contributed by atoms with E-state index in [4.69, 9.17) is 4.42 Å². The van der Waals surface area contributed by atoms with Crippen LogP contribution in [0.25, 0.3) is 0 Å². The number of hydrogen-bond acceptors (Lipinski definition) is 4. The van der Waals surface area contributed by atoms with Gasteiger partial charge in [-0.2, -0.15) is 0 Å². The monoisotopic (exact) mass is 302 g/mol. The number of rotatable bonds is 4. The average Bonchev–Trinajstić information content (AvgIpc) is 3.19. The number of carbonyl (C=O) groups excluding carboxylic acids is 1. The topological polar surface area (TPSA) is 54.5 Å². The highest BCUT2D eigenvalue weighted by Gasteiger charge is 2.34. The molecule has 2 aromatic heterocycles. The standard InChI is InChI=1S/C16H22N4O2/c1-12-8-20(10-14(12)18(2)3)16(21)15-5-4-13(22-15)9-19-7-6-17-11-19/h4-7,11-12,14H,8-10H2,1-3H3/t12-,14+/m1/s1. The molecule has 2 aromatic rings. The maximum absolute atomic E-state index is 12.6. The van der Waals surface area contributed by atoms with Crippen LogP contribution in [-0.4, -0.2) is 58.5 Å². The molecule has 0 N–H and O–H groups in total. The van der Waals surface area contributed by atoms with Gasteiger partial charge in [-0.3, -0.25) is 4.79 Å². The zero-order chi connectivity index (χ0) is 15.7. The molecule has 0 radical (unpaired) electrons. The second-order valence-electron chi connectivity index (χ2n) is 6.22. The van der Waals surface area contributed by atoms with Gasteiger partial charge in [-0.1, -0.05) is 6.92 Å². The zero-order valence-electron chi connectivity index (χ0n) is 13.3. The average molecular weight is 302 g/mol. The van der Waals surface area contributed by atoms with Crippen molar-refractivity contribution < 1.29 is 9.21 Å². The molecule has 0 bridgehead atoms. The quantitative estimate of drug-likeness (QED) is 0.860. The van der Waals surface area contributed by atoms with E-state index in [-0.39, 0.29) is 5.91 Å². The van der Waals surface area contributed by atoms with Gasteiger partial charge in [-0.15, -0.1) is 0 Å². The number of hydrogen-bond donors (Lipinski definition) is 0. The van der Waals surface area contributed by atoms with E-state index in [0.717, 1.165) is 18.8 Å². The van der Waals surface area contributed by atoms with Crippen LogP contribution in [0.2, 0.25) is 0 Å². The molecule has 1 saturated heterocycles. The smallest absolute Gasteiger partial charge is 0.289 e. The summed E-state index contributed by atoms with van der Waals surface area (Å²) >= 11 is 0. The van der Waals surface area contributed by atoms with Crippen LogP contribution in [0.1, 0.15) is 23.2 Å². The van der Waals surface area contributed by atoms with Gasteiger partial charge in [0.05, 0.1) is 12.9 Å². The Morgan fingerprint density at radius 2 is 2.23 bits per heavy atom. The maximum Gasteiger partial charge on any atom is 0.289 e. The number of likely N-dealkylation sites (N-methyl/N-ethyl adjacent to an activating group) is 1. The van der Waals surface area contributed by atoms with Crippen molar-refractivity contribution in [2.45, 2.75) is 19.5 Å². The molecule has 1 aliphatic rings. The summed E-state index contributed by atoms with van der Waals surface area (Å²) in [5, 5.41) is 0. The van der Waals surface area contributed by atoms with Gasteiger partial charge in [-0.25, -0.2) is 4.98 Å². The largest absolute Gasteiger partial charge is 0.454 e. The molecule has 0 saturated carbocycles. The second-order valence-corrected chi connectivity index (χ2v) is 6.22. The maximum atomic E-state index is 12.6. The molecule has 6 nitrogen and oxygen atoms in total. The minimum Gasteiger partial charge on any atom is -0.454 e. The Labute approximate surface area is 130 Å². The van der Waals surface area contributed by atoms with Crippen LogP contribution >= 0.6 is 0 Å². The van der Waals surface area contributed by atoms with Crippen molar-refractivity contribution in [1.82, 2.24) is 19.4 Å². The van der Waals surface area contributed by atoms with E-state index in [1.165, 1.54) is 0 Å². The fraction of sp³-hybridized carbons (Fsp3) is 0.500. The molecule has 1 aliphatic heterocycles. The lowest BCUT2D eigenvalue weighted by Gasteiger charge is -2.22. The Morgan fingerprint density at radius 1 is 1.41 bits per heavy atom. The Kier molecular flexibility index (Phi) is 4.02. The number of nitrogens with zero attached hydrogens (tertiary/aromatic N) is 4. The molecule has 1 amide bonds. The summed E-state index contributed by atoms with van der Waals surface area (Å²) < 4.78 is 7.62. The third-order valence-electron chi connectivity index (χ3n) is 4.29. The molecule has 0 unspecified atom stereocenters. The Balaban J connectivity index is 1.67. The van der Waals surface area contributed by atoms with Crippen LogP contribution in [0.4, 0.5) is 0 Å². The van der Waals surface area contributed by atoms with Crippen LogP contribution in [0, 0.1) is 5.92 Å². The molecule has 1 fully saturated rings. The molecule has 0 spiro atoms. The number of carbonyl (C=O) groups is 1. The van der Waals surface area contributed by atoms with Crippen molar-refractivity contribution >= 4 is 5.91 Å². The number of imidazole rings is 1. The van der Waals surface area contributed by atoms with Gasteiger partial charge in [0.15, 0.2) is 5.76 Å². The lowest BCUT2D eigenvalue weighted by Crippen LogP contribution is -2.35. The van der Waals surface area contributed by atoms with E-state index in [2.05, 4.69) is 30.9 Å². The summed E-state index contributed by atoms with van der Waals surface area (Å²) in [6.07, 6.45) is 5.32. The van der Waals surface area contributed by atoms with Gasteiger partial charge < -0.3 is 18.8 Å². The van der Waals surface area contributed by atoms with E-state index in [0.29, 0.717) is 24.3 Å². The van der Waals surface area contributed by atoms with Gasteiger partial charge in [-0.05, 0) is 32.1 Å². The van der Waals surface area contributed by atoms with Gasteiger partial charge in [0, 0.05) is 31.5 Å². The predicted molar refractivity (Wildman–Crippen MR) is 82.6 cm³/mol. The fourth-order valence-electron chi connectivity index (χ4n) is 3.08. The van der Waals surface area contributed by atoms with Crippen molar-refractivity contribution in [3.8, 4) is 0 Å². The Morgan fingerprint density at radius 3 is 2.86 bits per heavy atom. The van der Waals surface area contributed by atoms with Gasteiger partial charge in [0.1, 0.15) is 5.76 Å². The number of aromatic nitrogens is 2. The normalized spacial score (nSPS) is 21.7. The van der Waals surface area contributed by atoms with Crippen LogP contribution in [0.15, 0.2) is 35.3 Å². The van der Waals surface area contributed by atoms with Gasteiger partial charge >= 0.3 is 0 Å². The third kappa shape index (κ3) is 2.92. The van der Waals surface area contributed by atoms with Crippen LogP contribution in [0.5, 0.6) is 0 Å². The first-order valence-electron chi connectivity index (χ1n) is 7.54. The van der Waals surface area contributed by atoms with E-state index in [9.17, 15) is 4.79 Å². The summed E-state index contributed by atoms with van der Waals surface area (Å²) in [6.45, 7) is 4.30. The molecule has 2 atom stereocenters. The molecule has 3 rings (SSSR count). The van der Waals surface area contributed by atoms with Gasteiger partial charge in [0.2, 0.25) is 0 Å². The summed E-state index contributed by atoms with van der Waals surface area (Å²) in [5.41, 5.74) is 0.